The van der Waals surface area contributed by atoms with Crippen molar-refractivity contribution in [3.05, 3.63) is 34.5 Å². The molecule has 0 heterocycles. The Morgan fingerprint density at radius 3 is 1.79 bits per heavy atom. The fraction of sp³-hybridized carbons (Fsp3) is 0.0909. The van der Waals surface area contributed by atoms with Gasteiger partial charge in [0.1, 0.15) is 0 Å². The molecular weight excluding hydrogens is 591 g/mol. The maximum absolute atomic E-state index is 11.3. The first-order chi connectivity index (χ1) is 8.82. The number of carbonyl (C=O) groups is 2. The summed E-state index contributed by atoms with van der Waals surface area (Å²) in [7, 11) is 0. The molecule has 0 amide bonds. The summed E-state index contributed by atoms with van der Waals surface area (Å²) in [6.45, 7) is 3.99. The van der Waals surface area contributed by atoms with Crippen molar-refractivity contribution in [3.63, 3.8) is 0 Å². The number of aromatic carboxylic acids is 2. The van der Waals surface area contributed by atoms with Gasteiger partial charge in [0.15, 0.2) is 0 Å². The van der Waals surface area contributed by atoms with Gasteiger partial charge < -0.3 is 15.5 Å². The summed E-state index contributed by atoms with van der Waals surface area (Å²) in [4.78, 5) is 22.6. The second kappa shape index (κ2) is 7.06. The quantitative estimate of drug-likeness (QED) is 0.357. The zero-order valence-corrected chi connectivity index (χ0v) is 15.8. The van der Waals surface area contributed by atoms with E-state index in [2.05, 4.69) is 11.9 Å². The fourth-order valence-corrected chi connectivity index (χ4v) is 5.84. The van der Waals surface area contributed by atoms with Gasteiger partial charge in [-0.25, -0.2) is 9.59 Å². The molecule has 1 aromatic carbocycles. The predicted molar refractivity (Wildman–Crippen MR) is 97.2 cm³/mol. The first-order valence-electron chi connectivity index (χ1n) is 4.84. The summed E-state index contributed by atoms with van der Waals surface area (Å²) in [5.41, 5.74) is 0.521. The molecule has 0 radical (unpaired) electrons. The van der Waals surface area contributed by atoms with Crippen LogP contribution in [0.2, 0.25) is 0 Å². The van der Waals surface area contributed by atoms with Crippen molar-refractivity contribution in [2.45, 2.75) is 0 Å². The Labute approximate surface area is 150 Å². The molecule has 19 heavy (non-hydrogen) atoms. The van der Waals surface area contributed by atoms with Crippen LogP contribution in [-0.2, 0) is 0 Å². The number of benzene rings is 1. The van der Waals surface area contributed by atoms with Crippen LogP contribution < -0.4 is 5.32 Å². The van der Waals surface area contributed by atoms with E-state index in [4.69, 9.17) is 0 Å². The highest BCUT2D eigenvalue weighted by molar-refractivity contribution is 14.1. The molecule has 5 nitrogen and oxygen atoms in total. The van der Waals surface area contributed by atoms with Gasteiger partial charge in [0.25, 0.3) is 0 Å². The van der Waals surface area contributed by atoms with Gasteiger partial charge >= 0.3 is 11.9 Å². The van der Waals surface area contributed by atoms with Crippen molar-refractivity contribution < 1.29 is 19.8 Å². The van der Waals surface area contributed by atoms with Gasteiger partial charge in [-0.3, -0.25) is 0 Å². The summed E-state index contributed by atoms with van der Waals surface area (Å²) in [5, 5.41) is 21.5. The molecule has 0 aromatic heterocycles. The van der Waals surface area contributed by atoms with Crippen LogP contribution in [0.15, 0.2) is 12.7 Å². The van der Waals surface area contributed by atoms with E-state index < -0.39 is 11.9 Å². The molecule has 0 saturated carbocycles. The average molecular weight is 599 g/mol. The summed E-state index contributed by atoms with van der Waals surface area (Å²) in [6.07, 6.45) is 1.62. The molecule has 0 bridgehead atoms. The second-order valence-corrected chi connectivity index (χ2v) is 6.58. The first-order valence-corrected chi connectivity index (χ1v) is 8.08. The highest BCUT2D eigenvalue weighted by Gasteiger charge is 2.27. The van der Waals surface area contributed by atoms with Crippen LogP contribution >= 0.6 is 67.8 Å². The monoisotopic (exact) mass is 599 g/mol. The van der Waals surface area contributed by atoms with Gasteiger partial charge in [-0.2, -0.15) is 0 Å². The molecule has 8 heteroatoms. The maximum Gasteiger partial charge on any atom is 0.337 e. The molecule has 0 atom stereocenters. The van der Waals surface area contributed by atoms with Crippen molar-refractivity contribution in [3.8, 4) is 0 Å². The smallest absolute Gasteiger partial charge is 0.337 e. The number of hydrogen-bond acceptors (Lipinski definition) is 3. The lowest BCUT2D eigenvalue weighted by atomic mass is 10.1. The Bertz CT molecular complexity index is 531. The molecule has 0 saturated heterocycles. The molecule has 1 aromatic rings. The van der Waals surface area contributed by atoms with Crippen LogP contribution in [0.5, 0.6) is 0 Å². The number of rotatable bonds is 5. The molecule has 0 unspecified atom stereocenters. The van der Waals surface area contributed by atoms with Crippen LogP contribution in [0.3, 0.4) is 0 Å². The largest absolute Gasteiger partial charge is 0.478 e. The van der Waals surface area contributed by atoms with Crippen LogP contribution in [0.25, 0.3) is 0 Å². The third kappa shape index (κ3) is 3.51. The van der Waals surface area contributed by atoms with E-state index >= 15 is 0 Å². The number of hydrogen-bond donors (Lipinski definition) is 3. The minimum Gasteiger partial charge on any atom is -0.478 e. The zero-order valence-electron chi connectivity index (χ0n) is 9.34. The molecule has 0 spiro atoms. The van der Waals surface area contributed by atoms with Crippen molar-refractivity contribution in [1.82, 2.24) is 0 Å². The summed E-state index contributed by atoms with van der Waals surface area (Å²) in [6, 6.07) is 0. The molecule has 0 aliphatic carbocycles. The van der Waals surface area contributed by atoms with E-state index in [9.17, 15) is 19.8 Å². The number of carboxylic acid groups (broad SMARTS) is 2. The van der Waals surface area contributed by atoms with Crippen LogP contribution in [-0.4, -0.2) is 28.7 Å². The lowest BCUT2D eigenvalue weighted by Gasteiger charge is -2.16. The summed E-state index contributed by atoms with van der Waals surface area (Å²) >= 11 is 5.57. The Hall–Kier alpha value is -0.110. The van der Waals surface area contributed by atoms with Gasteiger partial charge in [0.05, 0.1) is 24.0 Å². The summed E-state index contributed by atoms with van der Waals surface area (Å²) in [5.74, 6) is -2.29. The Morgan fingerprint density at radius 1 is 1.05 bits per heavy atom. The van der Waals surface area contributed by atoms with E-state index in [-0.39, 0.29) is 14.7 Å². The molecule has 0 fully saturated rings. The lowest BCUT2D eigenvalue weighted by Crippen LogP contribution is -2.16. The zero-order chi connectivity index (χ0) is 14.7. The van der Waals surface area contributed by atoms with Crippen LogP contribution in [0.1, 0.15) is 20.7 Å². The Balaban J connectivity index is 3.68. The highest BCUT2D eigenvalue weighted by atomic mass is 127. The molecule has 102 valence electrons. The van der Waals surface area contributed by atoms with Crippen molar-refractivity contribution >= 4 is 85.4 Å². The molecule has 1 rings (SSSR count). The fourth-order valence-electron chi connectivity index (χ4n) is 1.37. The average Bonchev–Trinajstić information content (AvgIpc) is 2.27. The topological polar surface area (TPSA) is 86.6 Å². The Kier molecular flexibility index (Phi) is 6.29. The van der Waals surface area contributed by atoms with Gasteiger partial charge in [-0.15, -0.1) is 6.58 Å². The SMILES string of the molecule is C=CCNc1c(I)c(C(=O)O)c(I)c(C(=O)O)c1I. The van der Waals surface area contributed by atoms with Crippen molar-refractivity contribution in [1.29, 1.82) is 0 Å². The van der Waals surface area contributed by atoms with E-state index in [0.717, 1.165) is 0 Å². The molecule has 3 N–H and O–H groups in total. The summed E-state index contributed by atoms with van der Waals surface area (Å²) < 4.78 is 1.21. The van der Waals surface area contributed by atoms with Crippen molar-refractivity contribution in [2.24, 2.45) is 0 Å². The van der Waals surface area contributed by atoms with E-state index in [1.165, 1.54) is 0 Å². The normalized spacial score (nSPS) is 10.1. The van der Waals surface area contributed by atoms with Gasteiger partial charge in [0.2, 0.25) is 0 Å². The van der Waals surface area contributed by atoms with Gasteiger partial charge in [0, 0.05) is 10.1 Å². The van der Waals surface area contributed by atoms with Crippen molar-refractivity contribution in [2.75, 3.05) is 11.9 Å². The minimum atomic E-state index is -1.14. The third-order valence-electron chi connectivity index (χ3n) is 2.17. The molecule has 0 aliphatic heterocycles. The minimum absolute atomic E-state index is 0.00517. The number of anilines is 1. The van der Waals surface area contributed by atoms with E-state index in [0.29, 0.717) is 19.4 Å². The first kappa shape index (κ1) is 16.9. The number of halogens is 3. The highest BCUT2D eigenvalue weighted by Crippen LogP contribution is 2.35. The third-order valence-corrected chi connectivity index (χ3v) is 5.40. The second-order valence-electron chi connectivity index (χ2n) is 3.35. The standard InChI is InChI=1S/C11H8I3NO4/c1-2-3-15-9-7(13)4(10(16)17)6(12)5(8(9)14)11(18)19/h2,15H,1,3H2,(H,16,17)(H,18,19). The maximum atomic E-state index is 11.3. The number of carboxylic acids is 2. The van der Waals surface area contributed by atoms with Gasteiger partial charge in [-0.1, -0.05) is 6.08 Å². The predicted octanol–water partition coefficient (Wildman–Crippen LogP) is 3.49. The molecule has 0 aliphatic rings. The van der Waals surface area contributed by atoms with Crippen LogP contribution in [0, 0.1) is 10.7 Å². The number of nitrogens with one attached hydrogen (secondary N) is 1. The van der Waals surface area contributed by atoms with E-state index in [1.807, 2.05) is 45.2 Å². The van der Waals surface area contributed by atoms with Crippen LogP contribution in [0.4, 0.5) is 5.69 Å². The Morgan fingerprint density at radius 2 is 1.47 bits per heavy atom. The molecular formula is C11H8I3NO4. The lowest BCUT2D eigenvalue weighted by molar-refractivity contribution is 0.0694. The van der Waals surface area contributed by atoms with E-state index in [1.54, 1.807) is 28.7 Å². The van der Waals surface area contributed by atoms with Gasteiger partial charge in [-0.05, 0) is 67.8 Å².